The molecule has 1 amide bonds. The molecule has 1 aromatic carbocycles. The van der Waals surface area contributed by atoms with Gasteiger partial charge in [0.2, 0.25) is 0 Å². The van der Waals surface area contributed by atoms with Crippen molar-refractivity contribution in [1.82, 2.24) is 16.2 Å². The van der Waals surface area contributed by atoms with E-state index in [0.29, 0.717) is 16.5 Å². The lowest BCUT2D eigenvalue weighted by molar-refractivity contribution is 0.0947. The molecule has 2 aromatic rings. The zero-order valence-electron chi connectivity index (χ0n) is 13.9. The maximum atomic E-state index is 12.1. The van der Waals surface area contributed by atoms with Crippen LogP contribution in [0.2, 0.25) is 0 Å². The molecule has 0 saturated carbocycles. The van der Waals surface area contributed by atoms with E-state index in [4.69, 9.17) is 17.0 Å². The van der Waals surface area contributed by atoms with Crippen LogP contribution in [0, 0.1) is 6.92 Å². The van der Waals surface area contributed by atoms with Crippen LogP contribution in [0.15, 0.2) is 30.3 Å². The highest BCUT2D eigenvalue weighted by atomic mass is 32.1. The van der Waals surface area contributed by atoms with E-state index >= 15 is 0 Å². The largest absolute Gasteiger partial charge is 0.497 e. The van der Waals surface area contributed by atoms with Crippen molar-refractivity contribution in [3.05, 3.63) is 51.2 Å². The Balaban J connectivity index is 1.78. The van der Waals surface area contributed by atoms with E-state index in [1.807, 2.05) is 37.3 Å². The number of nitrogens with one attached hydrogen (secondary N) is 3. The lowest BCUT2D eigenvalue weighted by Gasteiger charge is -2.11. The lowest BCUT2D eigenvalue weighted by atomic mass is 10.2. The summed E-state index contributed by atoms with van der Waals surface area (Å²) in [7, 11) is 1.63. The quantitative estimate of drug-likeness (QED) is 0.563. The van der Waals surface area contributed by atoms with Gasteiger partial charge < -0.3 is 10.1 Å². The Morgan fingerprint density at radius 2 is 1.96 bits per heavy atom. The van der Waals surface area contributed by atoms with Crippen molar-refractivity contribution in [2.75, 3.05) is 7.11 Å². The fraction of sp³-hybridized carbons (Fsp3) is 0.294. The van der Waals surface area contributed by atoms with E-state index in [9.17, 15) is 4.79 Å². The van der Waals surface area contributed by atoms with Crippen LogP contribution < -0.4 is 20.9 Å². The molecule has 128 valence electrons. The van der Waals surface area contributed by atoms with Gasteiger partial charge in [-0.05, 0) is 54.9 Å². The molecule has 7 heteroatoms. The molecule has 5 nitrogen and oxygen atoms in total. The van der Waals surface area contributed by atoms with Gasteiger partial charge in [-0.15, -0.1) is 11.3 Å². The van der Waals surface area contributed by atoms with Crippen molar-refractivity contribution >= 4 is 34.6 Å². The van der Waals surface area contributed by atoms with Gasteiger partial charge in [0.15, 0.2) is 5.11 Å². The maximum absolute atomic E-state index is 12.1. The normalized spacial score (nSPS) is 10.1. The number of thiocarbonyl (C=S) groups is 1. The molecule has 0 fully saturated rings. The Kier molecular flexibility index (Phi) is 6.57. The summed E-state index contributed by atoms with van der Waals surface area (Å²) in [5, 5.41) is 3.40. The van der Waals surface area contributed by atoms with Crippen LogP contribution >= 0.6 is 23.6 Å². The SMILES string of the molecule is CCc1cc(C(=O)NNC(=S)NCc2ccc(OC)cc2)sc1C. The Morgan fingerprint density at radius 1 is 1.25 bits per heavy atom. The summed E-state index contributed by atoms with van der Waals surface area (Å²) in [4.78, 5) is 14.0. The summed E-state index contributed by atoms with van der Waals surface area (Å²) < 4.78 is 5.11. The van der Waals surface area contributed by atoms with Crippen molar-refractivity contribution in [1.29, 1.82) is 0 Å². The summed E-state index contributed by atoms with van der Waals surface area (Å²) in [6, 6.07) is 9.60. The molecule has 2 rings (SSSR count). The third-order valence-electron chi connectivity index (χ3n) is 3.53. The predicted molar refractivity (Wildman–Crippen MR) is 101 cm³/mol. The van der Waals surface area contributed by atoms with Crippen molar-refractivity contribution < 1.29 is 9.53 Å². The molecule has 0 aliphatic heterocycles. The highest BCUT2D eigenvalue weighted by molar-refractivity contribution is 7.80. The second-order valence-electron chi connectivity index (χ2n) is 5.16. The summed E-state index contributed by atoms with van der Waals surface area (Å²) in [6.45, 7) is 4.66. The molecular formula is C17H21N3O2S2. The standard InChI is InChI=1S/C17H21N3O2S2/c1-4-13-9-15(24-11(13)2)16(21)19-20-17(23)18-10-12-5-7-14(22-3)8-6-12/h5-9H,4,10H2,1-3H3,(H,19,21)(H2,18,20,23). The Hall–Kier alpha value is -2.12. The Labute approximate surface area is 151 Å². The molecule has 3 N–H and O–H groups in total. The van der Waals surface area contributed by atoms with Crippen LogP contribution in [0.25, 0.3) is 0 Å². The summed E-state index contributed by atoms with van der Waals surface area (Å²) >= 11 is 6.65. The summed E-state index contributed by atoms with van der Waals surface area (Å²) in [5.41, 5.74) is 7.60. The second kappa shape index (κ2) is 8.65. The molecule has 0 unspecified atom stereocenters. The van der Waals surface area contributed by atoms with Crippen LogP contribution in [0.1, 0.15) is 32.6 Å². The van der Waals surface area contributed by atoms with Crippen molar-refractivity contribution in [2.45, 2.75) is 26.8 Å². The van der Waals surface area contributed by atoms with E-state index in [2.05, 4.69) is 23.1 Å². The Morgan fingerprint density at radius 3 is 2.54 bits per heavy atom. The van der Waals surface area contributed by atoms with Gasteiger partial charge in [-0.3, -0.25) is 15.6 Å². The number of hydrazine groups is 1. The molecule has 0 atom stereocenters. The van der Waals surface area contributed by atoms with Crippen LogP contribution in [0.3, 0.4) is 0 Å². The first-order valence-corrected chi connectivity index (χ1v) is 8.82. The molecule has 0 saturated heterocycles. The minimum atomic E-state index is -0.184. The van der Waals surface area contributed by atoms with Gasteiger partial charge in [0.1, 0.15) is 5.75 Å². The van der Waals surface area contributed by atoms with E-state index in [1.54, 1.807) is 7.11 Å². The van der Waals surface area contributed by atoms with Gasteiger partial charge in [0.25, 0.3) is 5.91 Å². The number of ether oxygens (including phenoxy) is 1. The van der Waals surface area contributed by atoms with Crippen molar-refractivity contribution in [3.63, 3.8) is 0 Å². The van der Waals surface area contributed by atoms with E-state index in [1.165, 1.54) is 21.8 Å². The van der Waals surface area contributed by atoms with Gasteiger partial charge in [0, 0.05) is 11.4 Å². The van der Waals surface area contributed by atoms with Crippen molar-refractivity contribution in [3.8, 4) is 5.75 Å². The molecule has 0 radical (unpaired) electrons. The topological polar surface area (TPSA) is 62.4 Å². The average Bonchev–Trinajstić information content (AvgIpc) is 2.99. The first kappa shape index (κ1) is 18.2. The molecular weight excluding hydrogens is 342 g/mol. The van der Waals surface area contributed by atoms with Crippen molar-refractivity contribution in [2.24, 2.45) is 0 Å². The second-order valence-corrected chi connectivity index (χ2v) is 6.82. The number of carbonyl (C=O) groups excluding carboxylic acids is 1. The zero-order chi connectivity index (χ0) is 17.5. The third-order valence-corrected chi connectivity index (χ3v) is 4.86. The molecule has 0 aliphatic rings. The number of amides is 1. The zero-order valence-corrected chi connectivity index (χ0v) is 15.6. The molecule has 0 spiro atoms. The van der Waals surface area contributed by atoms with Crippen LogP contribution in [-0.4, -0.2) is 18.1 Å². The number of rotatable bonds is 5. The molecule has 1 aromatic heterocycles. The van der Waals surface area contributed by atoms with E-state index < -0.39 is 0 Å². The molecule has 0 aliphatic carbocycles. The Bertz CT molecular complexity index is 711. The highest BCUT2D eigenvalue weighted by Gasteiger charge is 2.11. The number of benzene rings is 1. The van der Waals surface area contributed by atoms with Crippen LogP contribution in [-0.2, 0) is 13.0 Å². The van der Waals surface area contributed by atoms with Gasteiger partial charge >= 0.3 is 0 Å². The minimum Gasteiger partial charge on any atom is -0.497 e. The van der Waals surface area contributed by atoms with Gasteiger partial charge in [-0.25, -0.2) is 0 Å². The van der Waals surface area contributed by atoms with Crippen LogP contribution in [0.4, 0.5) is 0 Å². The fourth-order valence-corrected chi connectivity index (χ4v) is 3.26. The number of hydrogen-bond acceptors (Lipinski definition) is 4. The summed E-state index contributed by atoms with van der Waals surface area (Å²) in [6.07, 6.45) is 0.921. The molecule has 0 bridgehead atoms. The van der Waals surface area contributed by atoms with E-state index in [-0.39, 0.29) is 5.91 Å². The minimum absolute atomic E-state index is 0.184. The first-order chi connectivity index (χ1) is 11.5. The molecule has 24 heavy (non-hydrogen) atoms. The van der Waals surface area contributed by atoms with Gasteiger partial charge in [-0.1, -0.05) is 19.1 Å². The predicted octanol–water partition coefficient (Wildman–Crippen LogP) is 2.94. The highest BCUT2D eigenvalue weighted by Crippen LogP contribution is 2.21. The van der Waals surface area contributed by atoms with Gasteiger partial charge in [-0.2, -0.15) is 0 Å². The number of methoxy groups -OCH3 is 1. The van der Waals surface area contributed by atoms with E-state index in [0.717, 1.165) is 17.7 Å². The monoisotopic (exact) mass is 363 g/mol. The number of carbonyl (C=O) groups is 1. The maximum Gasteiger partial charge on any atom is 0.279 e. The number of hydrogen-bond donors (Lipinski definition) is 3. The molecule has 1 heterocycles. The first-order valence-electron chi connectivity index (χ1n) is 7.60. The number of aryl methyl sites for hydroxylation is 2. The average molecular weight is 364 g/mol. The lowest BCUT2D eigenvalue weighted by Crippen LogP contribution is -2.46. The summed E-state index contributed by atoms with van der Waals surface area (Å²) in [5.74, 6) is 0.626. The smallest absolute Gasteiger partial charge is 0.279 e. The number of thiophene rings is 1. The third kappa shape index (κ3) is 4.94. The van der Waals surface area contributed by atoms with Crippen LogP contribution in [0.5, 0.6) is 5.75 Å². The fourth-order valence-electron chi connectivity index (χ4n) is 2.13. The van der Waals surface area contributed by atoms with Gasteiger partial charge in [0.05, 0.1) is 12.0 Å².